The number of hydrogen-bond acceptors (Lipinski definition) is 2. The predicted octanol–water partition coefficient (Wildman–Crippen LogP) is 3.33. The molecule has 1 N–H and O–H groups in total. The van der Waals surface area contributed by atoms with Crippen molar-refractivity contribution in [3.63, 3.8) is 0 Å². The topological polar surface area (TPSA) is 36.2 Å². The third-order valence-corrected chi connectivity index (χ3v) is 3.13. The molecule has 0 heterocycles. The molecule has 0 unspecified atom stereocenters. The first kappa shape index (κ1) is 14.2. The summed E-state index contributed by atoms with van der Waals surface area (Å²) in [5.74, 6) is 0. The summed E-state index contributed by atoms with van der Waals surface area (Å²) in [4.78, 5) is 0. The van der Waals surface area contributed by atoms with E-state index in [1.165, 1.54) is 0 Å². The van der Waals surface area contributed by atoms with Gasteiger partial charge in [0.05, 0.1) is 18.5 Å². The van der Waals surface area contributed by atoms with Gasteiger partial charge in [0.1, 0.15) is 5.71 Å². The van der Waals surface area contributed by atoms with Gasteiger partial charge in [-0.25, -0.2) is 0 Å². The SMILES string of the molecule is CC(C)(C)C1=CC=C(C(C)(C)C)C(=N[SH2+])C1=N. The van der Waals surface area contributed by atoms with Crippen molar-refractivity contribution < 1.29 is 0 Å². The summed E-state index contributed by atoms with van der Waals surface area (Å²) in [6, 6.07) is 0. The van der Waals surface area contributed by atoms with Crippen molar-refractivity contribution in [2.75, 3.05) is 0 Å². The van der Waals surface area contributed by atoms with Crippen LogP contribution in [0.2, 0.25) is 0 Å². The fourth-order valence-corrected chi connectivity index (χ4v) is 2.17. The molecular formula is C14H23N2S+. The van der Waals surface area contributed by atoms with E-state index in [1.54, 1.807) is 0 Å². The van der Waals surface area contributed by atoms with Crippen molar-refractivity contribution in [2.45, 2.75) is 41.5 Å². The Labute approximate surface area is 110 Å². The van der Waals surface area contributed by atoms with Crippen LogP contribution >= 0.6 is 0 Å². The first-order chi connectivity index (χ1) is 7.59. The Bertz CT molecular complexity index is 426. The Morgan fingerprint density at radius 2 is 1.35 bits per heavy atom. The van der Waals surface area contributed by atoms with Gasteiger partial charge in [-0.05, 0) is 22.0 Å². The zero-order chi connectivity index (χ0) is 13.4. The number of hydrogen-bond donors (Lipinski definition) is 1. The Morgan fingerprint density at radius 1 is 0.941 bits per heavy atom. The number of nitrogens with one attached hydrogen (secondary N) is 1. The lowest BCUT2D eigenvalue weighted by Gasteiger charge is -2.31. The molecule has 0 bridgehead atoms. The molecular weight excluding hydrogens is 228 g/mol. The van der Waals surface area contributed by atoms with Gasteiger partial charge in [0, 0.05) is 0 Å². The maximum absolute atomic E-state index is 8.30. The summed E-state index contributed by atoms with van der Waals surface area (Å²) in [5, 5.41) is 8.30. The zero-order valence-corrected chi connectivity index (χ0v) is 12.6. The molecule has 1 aliphatic rings. The lowest BCUT2D eigenvalue weighted by molar-refractivity contribution is 0.515. The molecule has 0 aliphatic heterocycles. The van der Waals surface area contributed by atoms with Gasteiger partial charge in [-0.3, -0.25) is 5.41 Å². The minimum Gasteiger partial charge on any atom is -0.298 e. The summed E-state index contributed by atoms with van der Waals surface area (Å²) in [5.41, 5.74) is 3.38. The molecule has 0 fully saturated rings. The van der Waals surface area contributed by atoms with Crippen LogP contribution in [0.1, 0.15) is 41.5 Å². The zero-order valence-electron chi connectivity index (χ0n) is 11.6. The smallest absolute Gasteiger partial charge is 0.142 e. The van der Waals surface area contributed by atoms with Gasteiger partial charge in [-0.2, -0.15) is 0 Å². The molecule has 0 saturated carbocycles. The van der Waals surface area contributed by atoms with Crippen LogP contribution < -0.4 is 0 Å². The summed E-state index contributed by atoms with van der Waals surface area (Å²) < 4.78 is 4.13. The third-order valence-electron chi connectivity index (χ3n) is 2.91. The van der Waals surface area contributed by atoms with E-state index in [0.717, 1.165) is 16.9 Å². The van der Waals surface area contributed by atoms with E-state index >= 15 is 0 Å². The molecule has 0 aromatic heterocycles. The average molecular weight is 251 g/mol. The van der Waals surface area contributed by atoms with Crippen molar-refractivity contribution in [2.24, 2.45) is 15.2 Å². The van der Waals surface area contributed by atoms with Crippen LogP contribution in [0.25, 0.3) is 0 Å². The molecule has 1 aliphatic carbocycles. The molecule has 17 heavy (non-hydrogen) atoms. The highest BCUT2D eigenvalue weighted by Crippen LogP contribution is 2.35. The van der Waals surface area contributed by atoms with E-state index in [2.05, 4.69) is 70.9 Å². The van der Waals surface area contributed by atoms with Crippen molar-refractivity contribution in [1.82, 2.24) is 0 Å². The van der Waals surface area contributed by atoms with Gasteiger partial charge in [-0.15, -0.1) is 0 Å². The number of allylic oxidation sites excluding steroid dienone is 4. The highest BCUT2D eigenvalue weighted by Gasteiger charge is 2.33. The Kier molecular flexibility index (Phi) is 3.72. The summed E-state index contributed by atoms with van der Waals surface area (Å²) in [7, 11) is 0. The highest BCUT2D eigenvalue weighted by atomic mass is 32.1. The number of rotatable bonds is 0. The second-order valence-electron chi connectivity index (χ2n) is 6.50. The molecule has 2 nitrogen and oxygen atoms in total. The van der Waals surface area contributed by atoms with E-state index in [1.807, 2.05) is 0 Å². The third kappa shape index (κ3) is 2.89. The first-order valence-electron chi connectivity index (χ1n) is 5.86. The van der Waals surface area contributed by atoms with Gasteiger partial charge >= 0.3 is 0 Å². The molecule has 0 aromatic carbocycles. The molecule has 1 rings (SSSR count). The Morgan fingerprint density at radius 3 is 1.71 bits per heavy atom. The van der Waals surface area contributed by atoms with Gasteiger partial charge in [0.15, 0.2) is 0 Å². The van der Waals surface area contributed by atoms with Crippen LogP contribution in [0, 0.1) is 16.2 Å². The molecule has 0 amide bonds. The minimum atomic E-state index is -0.0286. The van der Waals surface area contributed by atoms with Crippen molar-refractivity contribution in [3.8, 4) is 0 Å². The molecule has 0 spiro atoms. The van der Waals surface area contributed by atoms with E-state index in [4.69, 9.17) is 5.41 Å². The molecule has 94 valence electrons. The van der Waals surface area contributed by atoms with Crippen LogP contribution in [0.3, 0.4) is 0 Å². The van der Waals surface area contributed by atoms with Crippen LogP contribution in [-0.2, 0) is 12.8 Å². The maximum atomic E-state index is 8.30. The van der Waals surface area contributed by atoms with E-state index in [0.29, 0.717) is 5.71 Å². The molecule has 0 atom stereocenters. The lowest BCUT2D eigenvalue weighted by atomic mass is 9.73. The minimum absolute atomic E-state index is 0.00228. The standard InChI is InChI=1S/C14H22N2S/c1-13(2,3)9-7-8-10(14(4,5)6)12(16-17)11(9)15/h7-8,15,17H,1-6H3/p+1. The fraction of sp³-hybridized carbons (Fsp3) is 0.571. The van der Waals surface area contributed by atoms with Crippen molar-refractivity contribution in [3.05, 3.63) is 23.3 Å². The van der Waals surface area contributed by atoms with Crippen LogP contribution in [0.4, 0.5) is 0 Å². The second-order valence-corrected chi connectivity index (χ2v) is 6.72. The summed E-state index contributed by atoms with van der Waals surface area (Å²) >= 11 is 3.21. The second kappa shape index (κ2) is 4.45. The van der Waals surface area contributed by atoms with Crippen LogP contribution in [0.5, 0.6) is 0 Å². The van der Waals surface area contributed by atoms with Crippen LogP contribution in [-0.4, -0.2) is 11.4 Å². The van der Waals surface area contributed by atoms with Crippen molar-refractivity contribution in [1.29, 1.82) is 5.41 Å². The average Bonchev–Trinajstić information content (AvgIpc) is 2.13. The van der Waals surface area contributed by atoms with Crippen molar-refractivity contribution >= 4 is 24.2 Å². The largest absolute Gasteiger partial charge is 0.298 e. The number of nitrogens with zero attached hydrogens (tertiary/aromatic N) is 1. The summed E-state index contributed by atoms with van der Waals surface area (Å²) in [6.07, 6.45) is 4.15. The van der Waals surface area contributed by atoms with E-state index < -0.39 is 0 Å². The predicted molar refractivity (Wildman–Crippen MR) is 80.4 cm³/mol. The fourth-order valence-electron chi connectivity index (χ4n) is 1.94. The molecule has 0 radical (unpaired) electrons. The van der Waals surface area contributed by atoms with Crippen LogP contribution in [0.15, 0.2) is 27.7 Å². The maximum Gasteiger partial charge on any atom is 0.142 e. The van der Waals surface area contributed by atoms with Gasteiger partial charge in [0.25, 0.3) is 0 Å². The van der Waals surface area contributed by atoms with E-state index in [-0.39, 0.29) is 10.8 Å². The quantitative estimate of drug-likeness (QED) is 0.506. The Hall–Kier alpha value is -0.830. The normalized spacial score (nSPS) is 20.4. The van der Waals surface area contributed by atoms with Gasteiger partial charge in [-0.1, -0.05) is 58.1 Å². The van der Waals surface area contributed by atoms with Gasteiger partial charge in [0.2, 0.25) is 0 Å². The molecule has 0 aromatic rings. The van der Waals surface area contributed by atoms with Gasteiger partial charge < -0.3 is 0 Å². The Balaban J connectivity index is 3.35. The lowest BCUT2D eigenvalue weighted by Crippen LogP contribution is -2.32. The summed E-state index contributed by atoms with van der Waals surface area (Å²) in [6.45, 7) is 12.8. The monoisotopic (exact) mass is 251 g/mol. The molecule has 3 heteroatoms. The first-order valence-corrected chi connectivity index (χ1v) is 6.31. The van der Waals surface area contributed by atoms with E-state index in [9.17, 15) is 0 Å². The highest BCUT2D eigenvalue weighted by molar-refractivity contribution is 7.57. The molecule has 0 saturated heterocycles.